The number of urea groups is 1. The molecule has 2 N–H and O–H groups in total. The van der Waals surface area contributed by atoms with E-state index < -0.39 is 41.2 Å². The van der Waals surface area contributed by atoms with Crippen LogP contribution in [0.5, 0.6) is 0 Å². The third-order valence-electron chi connectivity index (χ3n) is 6.51. The quantitative estimate of drug-likeness (QED) is 0.678. The third-order valence-corrected chi connectivity index (χ3v) is 6.51. The molecule has 2 fully saturated rings. The van der Waals surface area contributed by atoms with E-state index in [1.807, 2.05) is 6.92 Å². The van der Waals surface area contributed by atoms with Gasteiger partial charge in [-0.3, -0.25) is 20.2 Å². The molecule has 2 saturated heterocycles. The largest absolute Gasteiger partial charge is 0.371 e. The molecule has 3 atom stereocenters. The highest BCUT2D eigenvalue weighted by atomic mass is 19.1. The summed E-state index contributed by atoms with van der Waals surface area (Å²) in [5.74, 6) is -1.98. The Kier molecular flexibility index (Phi) is 3.95. The molecule has 0 unspecified atom stereocenters. The number of barbiturate groups is 1. The Labute approximate surface area is 170 Å². The highest BCUT2D eigenvalue weighted by Gasteiger charge is 2.63. The first-order valence-corrected chi connectivity index (χ1v) is 9.94. The van der Waals surface area contributed by atoms with Crippen LogP contribution in [0.2, 0.25) is 0 Å². The second-order valence-electron chi connectivity index (χ2n) is 8.20. The smallest absolute Gasteiger partial charge is 0.328 e. The highest BCUT2D eigenvalue weighted by Crippen LogP contribution is 2.49. The minimum absolute atomic E-state index is 0.0425. The Morgan fingerprint density at radius 3 is 2.67 bits per heavy atom. The van der Waals surface area contributed by atoms with E-state index >= 15 is 4.39 Å². The van der Waals surface area contributed by atoms with Gasteiger partial charge in [0.1, 0.15) is 0 Å². The van der Waals surface area contributed by atoms with Crippen LogP contribution < -0.4 is 15.5 Å². The van der Waals surface area contributed by atoms with Crippen LogP contribution in [0.4, 0.5) is 14.9 Å². The lowest BCUT2D eigenvalue weighted by Crippen LogP contribution is -2.75. The van der Waals surface area contributed by atoms with Gasteiger partial charge in [-0.2, -0.15) is 0 Å². The Bertz CT molecular complexity index is 1090. The summed E-state index contributed by atoms with van der Waals surface area (Å²) in [7, 11) is 0. The van der Waals surface area contributed by atoms with Crippen LogP contribution in [-0.2, 0) is 20.7 Å². The fraction of sp³-hybridized carbons (Fsp3) is 0.500. The van der Waals surface area contributed by atoms with Gasteiger partial charge in [0.2, 0.25) is 17.4 Å². The van der Waals surface area contributed by atoms with Gasteiger partial charge in [-0.25, -0.2) is 9.18 Å². The number of ether oxygens (including phenoxy) is 1. The van der Waals surface area contributed by atoms with Gasteiger partial charge in [0.15, 0.2) is 11.2 Å². The number of nitrogens with zero attached hydrogens (tertiary/aromatic N) is 2. The molecule has 2 aromatic rings. The van der Waals surface area contributed by atoms with Gasteiger partial charge in [0, 0.05) is 18.4 Å². The zero-order chi connectivity index (χ0) is 21.4. The number of morpholine rings is 1. The Morgan fingerprint density at radius 2 is 2.00 bits per heavy atom. The molecule has 4 amide bonds. The van der Waals surface area contributed by atoms with Gasteiger partial charge in [0.25, 0.3) is 0 Å². The number of hydrogen-bond donors (Lipinski definition) is 2. The molecule has 10 heteroatoms. The standard InChI is InChI=1S/C20H21FN4O5/c1-4-11-7-25-14-10(5-12-8(2)24-30-15(12)13(14)21)6-20(16(25)9(3)29-11)17(26)22-19(28)23-18(20)27/h5,9,11,16H,4,6-7H2,1-3H3,(H2,22,23,26,27,28)/t9-,11+,16+/m0/s1. The van der Waals surface area contributed by atoms with Gasteiger partial charge < -0.3 is 14.2 Å². The summed E-state index contributed by atoms with van der Waals surface area (Å²) in [6.07, 6.45) is -0.163. The van der Waals surface area contributed by atoms with E-state index in [1.165, 1.54) is 0 Å². The number of aromatic nitrogens is 1. The first-order chi connectivity index (χ1) is 14.3. The van der Waals surface area contributed by atoms with E-state index in [0.717, 1.165) is 0 Å². The normalized spacial score (nSPS) is 27.7. The zero-order valence-electron chi connectivity index (χ0n) is 16.7. The molecule has 0 saturated carbocycles. The first-order valence-electron chi connectivity index (χ1n) is 9.94. The van der Waals surface area contributed by atoms with Crippen LogP contribution in [0.15, 0.2) is 10.6 Å². The summed E-state index contributed by atoms with van der Waals surface area (Å²) in [6.45, 7) is 5.71. The van der Waals surface area contributed by atoms with Crippen molar-refractivity contribution in [3.63, 3.8) is 0 Å². The van der Waals surface area contributed by atoms with Crippen LogP contribution in [0.3, 0.4) is 0 Å². The molecule has 5 rings (SSSR count). The molecular formula is C20H21FN4O5. The minimum atomic E-state index is -1.63. The topological polar surface area (TPSA) is 114 Å². The number of halogens is 1. The summed E-state index contributed by atoms with van der Waals surface area (Å²) >= 11 is 0. The molecule has 0 radical (unpaired) electrons. The van der Waals surface area contributed by atoms with Crippen molar-refractivity contribution in [3.8, 4) is 0 Å². The predicted molar refractivity (Wildman–Crippen MR) is 102 cm³/mol. The lowest BCUT2D eigenvalue weighted by atomic mass is 9.66. The molecule has 4 heterocycles. The second-order valence-corrected chi connectivity index (χ2v) is 8.20. The van der Waals surface area contributed by atoms with Crippen molar-refractivity contribution >= 4 is 34.5 Å². The number of fused-ring (bicyclic) bond motifs is 5. The highest BCUT2D eigenvalue weighted by molar-refractivity contribution is 6.20. The molecule has 1 aromatic heterocycles. The maximum atomic E-state index is 15.6. The van der Waals surface area contributed by atoms with Gasteiger partial charge in [-0.1, -0.05) is 12.1 Å². The van der Waals surface area contributed by atoms with Crippen LogP contribution in [0.25, 0.3) is 11.0 Å². The SMILES string of the molecule is CC[C@@H]1CN2c3c(cc4c(C)noc4c3F)CC3(C(=O)NC(=O)NC3=O)[C@H]2[C@H](C)O1. The zero-order valence-corrected chi connectivity index (χ0v) is 16.7. The number of aryl methyl sites for hydroxylation is 1. The van der Waals surface area contributed by atoms with E-state index in [4.69, 9.17) is 9.26 Å². The number of amides is 4. The van der Waals surface area contributed by atoms with E-state index in [0.29, 0.717) is 35.3 Å². The van der Waals surface area contributed by atoms with Gasteiger partial charge in [-0.15, -0.1) is 0 Å². The average Bonchev–Trinajstić information content (AvgIpc) is 3.06. The molecule has 1 spiro atoms. The molecule has 0 aliphatic carbocycles. The molecule has 3 aliphatic heterocycles. The lowest BCUT2D eigenvalue weighted by molar-refractivity contribution is -0.154. The van der Waals surface area contributed by atoms with E-state index in [1.54, 1.807) is 24.8 Å². The average molecular weight is 416 g/mol. The predicted octanol–water partition coefficient (Wildman–Crippen LogP) is 1.56. The Hall–Kier alpha value is -3.01. The van der Waals surface area contributed by atoms with Crippen molar-refractivity contribution in [1.29, 1.82) is 0 Å². The van der Waals surface area contributed by atoms with Crippen LogP contribution in [0.1, 0.15) is 31.5 Å². The number of hydrogen-bond acceptors (Lipinski definition) is 7. The minimum Gasteiger partial charge on any atom is -0.371 e. The monoisotopic (exact) mass is 416 g/mol. The number of anilines is 1. The second kappa shape index (κ2) is 6.24. The number of rotatable bonds is 1. The lowest BCUT2D eigenvalue weighted by Gasteiger charge is -2.55. The van der Waals surface area contributed by atoms with Gasteiger partial charge >= 0.3 is 6.03 Å². The molecule has 9 nitrogen and oxygen atoms in total. The molecule has 30 heavy (non-hydrogen) atoms. The van der Waals surface area contributed by atoms with E-state index in [9.17, 15) is 14.4 Å². The van der Waals surface area contributed by atoms with Crippen molar-refractivity contribution < 1.29 is 28.0 Å². The number of benzene rings is 1. The summed E-state index contributed by atoms with van der Waals surface area (Å²) in [5.41, 5.74) is -0.297. The fourth-order valence-corrected chi connectivity index (χ4v) is 5.17. The van der Waals surface area contributed by atoms with Crippen molar-refractivity contribution in [1.82, 2.24) is 15.8 Å². The maximum absolute atomic E-state index is 15.6. The summed E-state index contributed by atoms with van der Waals surface area (Å²) in [4.78, 5) is 39.7. The summed E-state index contributed by atoms with van der Waals surface area (Å²) in [6, 6.07) is 0.0625. The molecule has 3 aliphatic rings. The molecular weight excluding hydrogens is 395 g/mol. The molecule has 1 aromatic carbocycles. The number of nitrogens with one attached hydrogen (secondary N) is 2. The molecule has 158 valence electrons. The Balaban J connectivity index is 1.78. The third kappa shape index (κ3) is 2.31. The van der Waals surface area contributed by atoms with Crippen molar-refractivity contribution in [2.75, 3.05) is 11.4 Å². The van der Waals surface area contributed by atoms with Crippen LogP contribution in [-0.4, -0.2) is 47.8 Å². The number of carbonyl (C=O) groups is 3. The summed E-state index contributed by atoms with van der Waals surface area (Å²) < 4.78 is 26.9. The Morgan fingerprint density at radius 1 is 1.30 bits per heavy atom. The summed E-state index contributed by atoms with van der Waals surface area (Å²) in [5, 5.41) is 8.79. The fourth-order valence-electron chi connectivity index (χ4n) is 5.17. The van der Waals surface area contributed by atoms with Crippen LogP contribution >= 0.6 is 0 Å². The van der Waals surface area contributed by atoms with E-state index in [-0.39, 0.29) is 18.1 Å². The first kappa shape index (κ1) is 19.0. The van der Waals surface area contributed by atoms with Crippen molar-refractivity contribution in [3.05, 3.63) is 23.1 Å². The van der Waals surface area contributed by atoms with Gasteiger partial charge in [0.05, 0.1) is 29.6 Å². The van der Waals surface area contributed by atoms with Crippen LogP contribution in [0, 0.1) is 18.2 Å². The number of carbonyl (C=O) groups excluding carboxylic acids is 3. The van der Waals surface area contributed by atoms with Crippen molar-refractivity contribution in [2.24, 2.45) is 5.41 Å². The molecule has 0 bridgehead atoms. The van der Waals surface area contributed by atoms with Gasteiger partial charge in [-0.05, 0) is 31.9 Å². The number of imide groups is 2. The van der Waals surface area contributed by atoms with Crippen molar-refractivity contribution in [2.45, 2.75) is 51.9 Å². The maximum Gasteiger partial charge on any atom is 0.328 e. The van der Waals surface area contributed by atoms with E-state index in [2.05, 4.69) is 15.8 Å².